The first kappa shape index (κ1) is 24.0. The van der Waals surface area contributed by atoms with E-state index in [-0.39, 0.29) is 10.6 Å². The minimum atomic E-state index is -4.14. The van der Waals surface area contributed by atoms with Gasteiger partial charge in [0.1, 0.15) is 0 Å². The second-order valence-electron chi connectivity index (χ2n) is 8.37. The minimum absolute atomic E-state index is 0.239. The van der Waals surface area contributed by atoms with E-state index in [0.29, 0.717) is 5.56 Å². The van der Waals surface area contributed by atoms with E-state index in [1.807, 2.05) is 84.9 Å². The third kappa shape index (κ3) is 4.60. The largest absolute Gasteiger partial charge is 0.309 e. The van der Waals surface area contributed by atoms with E-state index in [4.69, 9.17) is 0 Å². The van der Waals surface area contributed by atoms with Crippen molar-refractivity contribution in [1.82, 2.24) is 9.40 Å². The predicted molar refractivity (Wildman–Crippen MR) is 144 cm³/mol. The highest BCUT2D eigenvalue weighted by molar-refractivity contribution is 7.89. The molecule has 0 aliphatic rings. The summed E-state index contributed by atoms with van der Waals surface area (Å²) >= 11 is 0. The molecular formula is C28H22N4O4S. The zero-order valence-corrected chi connectivity index (χ0v) is 20.6. The molecule has 0 saturated carbocycles. The van der Waals surface area contributed by atoms with Gasteiger partial charge in [0.25, 0.3) is 15.7 Å². The Labute approximate surface area is 213 Å². The molecule has 4 aromatic carbocycles. The predicted octanol–water partition coefficient (Wildman–Crippen LogP) is 5.83. The lowest BCUT2D eigenvalue weighted by Crippen LogP contribution is -2.18. The lowest BCUT2D eigenvalue weighted by molar-refractivity contribution is -0.385. The number of benzene rings is 4. The fraction of sp³-hybridized carbons (Fsp3) is 0.0357. The van der Waals surface area contributed by atoms with Crippen LogP contribution in [0.15, 0.2) is 113 Å². The van der Waals surface area contributed by atoms with Gasteiger partial charge in [-0.25, -0.2) is 4.83 Å². The van der Waals surface area contributed by atoms with E-state index in [0.717, 1.165) is 39.5 Å². The van der Waals surface area contributed by atoms with Crippen LogP contribution in [-0.2, 0) is 10.0 Å². The number of nitro benzene ring substituents is 1. The molecule has 0 amide bonds. The molecule has 1 N–H and O–H groups in total. The number of hydrogen-bond donors (Lipinski definition) is 1. The van der Waals surface area contributed by atoms with Crippen LogP contribution in [0.5, 0.6) is 0 Å². The van der Waals surface area contributed by atoms with E-state index >= 15 is 0 Å². The van der Waals surface area contributed by atoms with Crippen LogP contribution in [-0.4, -0.2) is 24.1 Å². The van der Waals surface area contributed by atoms with Crippen LogP contribution in [0.2, 0.25) is 0 Å². The molecule has 37 heavy (non-hydrogen) atoms. The molecule has 0 fully saturated rings. The number of para-hydroxylation sites is 2. The van der Waals surface area contributed by atoms with Crippen LogP contribution in [0, 0.1) is 17.0 Å². The van der Waals surface area contributed by atoms with E-state index < -0.39 is 14.9 Å². The maximum atomic E-state index is 12.9. The molecule has 5 aromatic rings. The molecule has 0 aliphatic heterocycles. The standard InChI is InChI=1S/C28H22N4O4S/c1-20-16-17-23(18-27(20)32(33)34)37(35,36)30-29-19-25-24-14-8-9-15-26(24)31(22-12-6-3-7-13-22)28(25)21-10-4-2-5-11-21/h2-19,30H,1H3. The number of nitrogens with one attached hydrogen (secondary N) is 1. The summed E-state index contributed by atoms with van der Waals surface area (Å²) in [5.41, 5.74) is 4.49. The topological polar surface area (TPSA) is 107 Å². The Kier molecular flexibility index (Phi) is 6.29. The van der Waals surface area contributed by atoms with Gasteiger partial charge in [-0.05, 0) is 36.8 Å². The first-order valence-corrected chi connectivity index (χ1v) is 12.9. The molecule has 1 heterocycles. The van der Waals surface area contributed by atoms with Gasteiger partial charge in [0.2, 0.25) is 0 Å². The summed E-state index contributed by atoms with van der Waals surface area (Å²) in [6.45, 7) is 1.55. The number of sulfonamides is 1. The molecule has 8 nitrogen and oxygen atoms in total. The van der Waals surface area contributed by atoms with E-state index in [2.05, 4.69) is 14.5 Å². The molecule has 0 aliphatic carbocycles. The summed E-state index contributed by atoms with van der Waals surface area (Å²) in [6, 6.07) is 31.2. The summed E-state index contributed by atoms with van der Waals surface area (Å²) in [5, 5.41) is 16.2. The lowest BCUT2D eigenvalue weighted by Gasteiger charge is -2.12. The highest BCUT2D eigenvalue weighted by atomic mass is 32.2. The summed E-state index contributed by atoms with van der Waals surface area (Å²) in [4.78, 5) is 12.6. The average molecular weight is 511 g/mol. The van der Waals surface area contributed by atoms with Crippen molar-refractivity contribution in [1.29, 1.82) is 0 Å². The van der Waals surface area contributed by atoms with Gasteiger partial charge in [0.15, 0.2) is 0 Å². The highest BCUT2D eigenvalue weighted by Crippen LogP contribution is 2.35. The number of nitro groups is 1. The maximum Gasteiger partial charge on any atom is 0.276 e. The van der Waals surface area contributed by atoms with Crippen molar-refractivity contribution in [2.75, 3.05) is 0 Å². The summed E-state index contributed by atoms with van der Waals surface area (Å²) in [5.74, 6) is 0. The summed E-state index contributed by atoms with van der Waals surface area (Å²) in [7, 11) is -4.14. The molecule has 9 heteroatoms. The van der Waals surface area contributed by atoms with Crippen molar-refractivity contribution in [2.45, 2.75) is 11.8 Å². The van der Waals surface area contributed by atoms with Crippen LogP contribution in [0.4, 0.5) is 5.69 Å². The quantitative estimate of drug-likeness (QED) is 0.169. The van der Waals surface area contributed by atoms with Gasteiger partial charge >= 0.3 is 0 Å². The molecule has 0 atom stereocenters. The van der Waals surface area contributed by atoms with Crippen molar-refractivity contribution in [2.24, 2.45) is 5.10 Å². The fourth-order valence-electron chi connectivity index (χ4n) is 4.29. The highest BCUT2D eigenvalue weighted by Gasteiger charge is 2.21. The molecule has 0 radical (unpaired) electrons. The fourth-order valence-corrected chi connectivity index (χ4v) is 5.10. The Hall–Kier alpha value is -4.76. The van der Waals surface area contributed by atoms with Crippen molar-refractivity contribution in [3.63, 3.8) is 0 Å². The van der Waals surface area contributed by atoms with Gasteiger partial charge in [-0.2, -0.15) is 13.5 Å². The second-order valence-corrected chi connectivity index (χ2v) is 10.0. The maximum absolute atomic E-state index is 12.9. The molecular weight excluding hydrogens is 488 g/mol. The molecule has 0 bridgehead atoms. The zero-order chi connectivity index (χ0) is 26.0. The van der Waals surface area contributed by atoms with Crippen LogP contribution < -0.4 is 4.83 Å². The number of hydrazone groups is 1. The summed E-state index contributed by atoms with van der Waals surface area (Å²) < 4.78 is 27.9. The Morgan fingerprint density at radius 2 is 1.54 bits per heavy atom. The van der Waals surface area contributed by atoms with Crippen LogP contribution in [0.3, 0.4) is 0 Å². The molecule has 0 saturated heterocycles. The van der Waals surface area contributed by atoms with Gasteiger partial charge < -0.3 is 4.57 Å². The van der Waals surface area contributed by atoms with E-state index in [1.54, 1.807) is 6.92 Å². The number of hydrogen-bond acceptors (Lipinski definition) is 5. The van der Waals surface area contributed by atoms with Gasteiger partial charge in [-0.15, -0.1) is 0 Å². The average Bonchev–Trinajstić information content (AvgIpc) is 3.24. The third-order valence-electron chi connectivity index (χ3n) is 6.03. The molecule has 0 spiro atoms. The van der Waals surface area contributed by atoms with Crippen LogP contribution in [0.25, 0.3) is 27.8 Å². The van der Waals surface area contributed by atoms with Gasteiger partial charge in [0, 0.05) is 28.3 Å². The summed E-state index contributed by atoms with van der Waals surface area (Å²) in [6.07, 6.45) is 1.48. The monoisotopic (exact) mass is 510 g/mol. The van der Waals surface area contributed by atoms with Gasteiger partial charge in [-0.3, -0.25) is 10.1 Å². The lowest BCUT2D eigenvalue weighted by atomic mass is 10.1. The number of rotatable bonds is 7. The Bertz CT molecular complexity index is 1750. The second kappa shape index (κ2) is 9.71. The van der Waals surface area contributed by atoms with Crippen LogP contribution in [0.1, 0.15) is 11.1 Å². The Morgan fingerprint density at radius 1 is 0.892 bits per heavy atom. The van der Waals surface area contributed by atoms with E-state index in [1.165, 1.54) is 18.3 Å². The van der Waals surface area contributed by atoms with Gasteiger partial charge in [0.05, 0.1) is 27.2 Å². The number of aryl methyl sites for hydroxylation is 1. The normalized spacial score (nSPS) is 11.7. The number of nitrogens with zero attached hydrogens (tertiary/aromatic N) is 3. The number of fused-ring (bicyclic) bond motifs is 1. The first-order chi connectivity index (χ1) is 17.9. The van der Waals surface area contributed by atoms with Crippen molar-refractivity contribution >= 4 is 32.8 Å². The Morgan fingerprint density at radius 3 is 2.24 bits per heavy atom. The van der Waals surface area contributed by atoms with E-state index in [9.17, 15) is 18.5 Å². The molecule has 5 rings (SSSR count). The van der Waals surface area contributed by atoms with Crippen molar-refractivity contribution in [3.8, 4) is 16.9 Å². The third-order valence-corrected chi connectivity index (χ3v) is 7.25. The van der Waals surface area contributed by atoms with Gasteiger partial charge in [-0.1, -0.05) is 72.8 Å². The SMILES string of the molecule is Cc1ccc(S(=O)(=O)NN=Cc2c(-c3ccccc3)n(-c3ccccc3)c3ccccc23)cc1[N+](=O)[O-]. The molecule has 184 valence electrons. The van der Waals surface area contributed by atoms with Crippen molar-refractivity contribution in [3.05, 3.63) is 124 Å². The van der Waals surface area contributed by atoms with Crippen molar-refractivity contribution < 1.29 is 13.3 Å². The Balaban J connectivity index is 1.63. The molecule has 1 aromatic heterocycles. The molecule has 0 unspecified atom stereocenters. The zero-order valence-electron chi connectivity index (χ0n) is 19.8. The first-order valence-electron chi connectivity index (χ1n) is 11.4. The minimum Gasteiger partial charge on any atom is -0.309 e. The smallest absolute Gasteiger partial charge is 0.276 e. The van der Waals surface area contributed by atoms with Crippen LogP contribution >= 0.6 is 0 Å². The number of aromatic nitrogens is 1.